The number of alkyl halides is 3. The third-order valence-electron chi connectivity index (χ3n) is 1.86. The summed E-state index contributed by atoms with van der Waals surface area (Å²) in [5.41, 5.74) is -1.02. The summed E-state index contributed by atoms with van der Waals surface area (Å²) >= 11 is 0. The van der Waals surface area contributed by atoms with E-state index in [1.165, 1.54) is 12.1 Å². The molecule has 1 rings (SSSR count). The Morgan fingerprint density at radius 3 is 2.78 bits per heavy atom. The van der Waals surface area contributed by atoms with Gasteiger partial charge < -0.3 is 10.6 Å². The second-order valence-electron chi connectivity index (χ2n) is 3.24. The molecule has 2 N–H and O–H groups in total. The number of nitrogens with zero attached hydrogens (tertiary/aromatic N) is 1. The molecule has 1 amide bonds. The fourth-order valence-electron chi connectivity index (χ4n) is 1.07. The standard InChI is InChI=1S/C11H10F3N3O/c1-2-6-15-10(18)7-16-9-5-3-4-8(17-9)11(12,13)14/h1,3-5H,6-7H2,(H,15,18)(H,16,17). The van der Waals surface area contributed by atoms with Crippen LogP contribution in [-0.4, -0.2) is 24.0 Å². The predicted octanol–water partition coefficient (Wildman–Crippen LogP) is 1.26. The van der Waals surface area contributed by atoms with Gasteiger partial charge in [-0.05, 0) is 12.1 Å². The van der Waals surface area contributed by atoms with Gasteiger partial charge in [0.2, 0.25) is 5.91 Å². The lowest BCUT2D eigenvalue weighted by Gasteiger charge is -2.09. The number of carbonyl (C=O) groups is 1. The van der Waals surface area contributed by atoms with E-state index in [1.54, 1.807) is 0 Å². The number of aromatic nitrogens is 1. The SMILES string of the molecule is C#CCNC(=O)CNc1cccc(C(F)(F)F)n1. The van der Waals surface area contributed by atoms with Gasteiger partial charge in [-0.15, -0.1) is 6.42 Å². The van der Waals surface area contributed by atoms with E-state index in [2.05, 4.69) is 21.5 Å². The number of anilines is 1. The van der Waals surface area contributed by atoms with Crippen LogP contribution in [0.2, 0.25) is 0 Å². The number of amides is 1. The highest BCUT2D eigenvalue weighted by atomic mass is 19.4. The molecule has 0 bridgehead atoms. The minimum Gasteiger partial charge on any atom is -0.361 e. The number of hydrogen-bond donors (Lipinski definition) is 2. The van der Waals surface area contributed by atoms with Crippen molar-refractivity contribution in [2.75, 3.05) is 18.4 Å². The molecule has 0 aliphatic heterocycles. The highest BCUT2D eigenvalue weighted by molar-refractivity contribution is 5.80. The molecule has 0 fully saturated rings. The van der Waals surface area contributed by atoms with Crippen LogP contribution >= 0.6 is 0 Å². The van der Waals surface area contributed by atoms with E-state index in [0.29, 0.717) is 0 Å². The molecule has 0 unspecified atom stereocenters. The number of nitrogens with one attached hydrogen (secondary N) is 2. The van der Waals surface area contributed by atoms with E-state index in [1.807, 2.05) is 0 Å². The lowest BCUT2D eigenvalue weighted by Crippen LogP contribution is -2.30. The van der Waals surface area contributed by atoms with Crippen molar-refractivity contribution in [3.05, 3.63) is 23.9 Å². The molecule has 4 nitrogen and oxygen atoms in total. The van der Waals surface area contributed by atoms with Crippen molar-refractivity contribution in [2.45, 2.75) is 6.18 Å². The molecular formula is C11H10F3N3O. The molecule has 0 saturated heterocycles. The minimum absolute atomic E-state index is 0.0271. The smallest absolute Gasteiger partial charge is 0.361 e. The van der Waals surface area contributed by atoms with Crippen LogP contribution < -0.4 is 10.6 Å². The minimum atomic E-state index is -4.51. The van der Waals surface area contributed by atoms with Crippen LogP contribution in [0.5, 0.6) is 0 Å². The van der Waals surface area contributed by atoms with E-state index < -0.39 is 17.8 Å². The van der Waals surface area contributed by atoms with Gasteiger partial charge in [-0.3, -0.25) is 4.79 Å². The Bertz CT molecular complexity index is 465. The average molecular weight is 257 g/mol. The predicted molar refractivity (Wildman–Crippen MR) is 59.6 cm³/mol. The maximum absolute atomic E-state index is 12.3. The molecule has 1 heterocycles. The number of halogens is 3. The van der Waals surface area contributed by atoms with Gasteiger partial charge in [0.15, 0.2) is 0 Å². The van der Waals surface area contributed by atoms with Crippen LogP contribution in [0.3, 0.4) is 0 Å². The van der Waals surface area contributed by atoms with Gasteiger partial charge in [0.05, 0.1) is 13.1 Å². The van der Waals surface area contributed by atoms with Crippen molar-refractivity contribution in [2.24, 2.45) is 0 Å². The summed E-state index contributed by atoms with van der Waals surface area (Å²) in [7, 11) is 0. The molecule has 18 heavy (non-hydrogen) atoms. The zero-order valence-electron chi connectivity index (χ0n) is 9.21. The zero-order valence-corrected chi connectivity index (χ0v) is 9.21. The normalized spacial score (nSPS) is 10.6. The fourth-order valence-corrected chi connectivity index (χ4v) is 1.07. The summed E-state index contributed by atoms with van der Waals surface area (Å²) in [6, 6.07) is 3.39. The molecule has 1 aromatic heterocycles. The van der Waals surface area contributed by atoms with E-state index in [0.717, 1.165) is 6.07 Å². The average Bonchev–Trinajstić information content (AvgIpc) is 2.33. The molecular weight excluding hydrogens is 247 g/mol. The third kappa shape index (κ3) is 4.33. The topological polar surface area (TPSA) is 54.0 Å². The lowest BCUT2D eigenvalue weighted by molar-refractivity contribution is -0.141. The lowest BCUT2D eigenvalue weighted by atomic mass is 10.3. The third-order valence-corrected chi connectivity index (χ3v) is 1.86. The Labute approximate surface area is 102 Å². The van der Waals surface area contributed by atoms with Gasteiger partial charge >= 0.3 is 6.18 Å². The second kappa shape index (κ2) is 5.91. The first kappa shape index (κ1) is 13.8. The highest BCUT2D eigenvalue weighted by Crippen LogP contribution is 2.27. The molecule has 0 aromatic carbocycles. The molecule has 0 spiro atoms. The van der Waals surface area contributed by atoms with Crippen molar-refractivity contribution >= 4 is 11.7 Å². The summed E-state index contributed by atoms with van der Waals surface area (Å²) < 4.78 is 37.0. The van der Waals surface area contributed by atoms with Crippen molar-refractivity contribution in [3.8, 4) is 12.3 Å². The van der Waals surface area contributed by atoms with Crippen LogP contribution in [-0.2, 0) is 11.0 Å². The molecule has 0 aliphatic rings. The van der Waals surface area contributed by atoms with Gasteiger partial charge in [-0.25, -0.2) is 4.98 Å². The van der Waals surface area contributed by atoms with Crippen molar-refractivity contribution in [1.29, 1.82) is 0 Å². The summed E-state index contributed by atoms with van der Waals surface area (Å²) in [6.45, 7) is -0.132. The van der Waals surface area contributed by atoms with Crippen LogP contribution in [0, 0.1) is 12.3 Å². The van der Waals surface area contributed by atoms with Crippen molar-refractivity contribution < 1.29 is 18.0 Å². The van der Waals surface area contributed by atoms with Gasteiger partial charge in [0.25, 0.3) is 0 Å². The maximum Gasteiger partial charge on any atom is 0.433 e. The van der Waals surface area contributed by atoms with Gasteiger partial charge in [0.1, 0.15) is 11.5 Å². The molecule has 0 aliphatic carbocycles. The van der Waals surface area contributed by atoms with Crippen LogP contribution in [0.25, 0.3) is 0 Å². The van der Waals surface area contributed by atoms with Gasteiger partial charge in [-0.2, -0.15) is 13.2 Å². The van der Waals surface area contributed by atoms with Crippen molar-refractivity contribution in [1.82, 2.24) is 10.3 Å². The molecule has 0 atom stereocenters. The number of hydrogen-bond acceptors (Lipinski definition) is 3. The van der Waals surface area contributed by atoms with Gasteiger partial charge in [0, 0.05) is 0 Å². The van der Waals surface area contributed by atoms with E-state index in [-0.39, 0.29) is 18.9 Å². The van der Waals surface area contributed by atoms with Crippen LogP contribution in [0.15, 0.2) is 18.2 Å². The van der Waals surface area contributed by atoms with E-state index in [9.17, 15) is 18.0 Å². The van der Waals surface area contributed by atoms with E-state index >= 15 is 0 Å². The number of pyridine rings is 1. The highest BCUT2D eigenvalue weighted by Gasteiger charge is 2.32. The molecule has 1 aromatic rings. The summed E-state index contributed by atoms with van der Waals surface area (Å²) in [5, 5.41) is 4.83. The van der Waals surface area contributed by atoms with Crippen LogP contribution in [0.1, 0.15) is 5.69 Å². The zero-order chi connectivity index (χ0) is 13.6. The van der Waals surface area contributed by atoms with Crippen molar-refractivity contribution in [3.63, 3.8) is 0 Å². The first-order valence-electron chi connectivity index (χ1n) is 4.92. The van der Waals surface area contributed by atoms with Crippen LogP contribution in [0.4, 0.5) is 19.0 Å². The Morgan fingerprint density at radius 2 is 2.17 bits per heavy atom. The Kier molecular flexibility index (Phi) is 4.54. The quantitative estimate of drug-likeness (QED) is 0.798. The Hall–Kier alpha value is -2.23. The first-order chi connectivity index (χ1) is 8.43. The summed E-state index contributed by atoms with van der Waals surface area (Å²) in [4.78, 5) is 14.5. The van der Waals surface area contributed by atoms with E-state index in [4.69, 9.17) is 6.42 Å². The summed E-state index contributed by atoms with van der Waals surface area (Å²) in [5.74, 6) is 1.75. The molecule has 96 valence electrons. The Balaban J connectivity index is 2.58. The molecule has 7 heteroatoms. The molecule has 0 radical (unpaired) electrons. The maximum atomic E-state index is 12.3. The molecule has 0 saturated carbocycles. The summed E-state index contributed by atoms with van der Waals surface area (Å²) in [6.07, 6.45) is 0.419. The largest absolute Gasteiger partial charge is 0.433 e. The fraction of sp³-hybridized carbons (Fsp3) is 0.273. The number of rotatable bonds is 4. The number of carbonyl (C=O) groups excluding carboxylic acids is 1. The monoisotopic (exact) mass is 257 g/mol. The number of terminal acetylenes is 1. The Morgan fingerprint density at radius 1 is 1.44 bits per heavy atom. The second-order valence-corrected chi connectivity index (χ2v) is 3.24. The first-order valence-corrected chi connectivity index (χ1v) is 4.92. The van der Waals surface area contributed by atoms with Gasteiger partial charge in [-0.1, -0.05) is 12.0 Å².